The minimum Gasteiger partial charge on any atom is -0.325 e. The Morgan fingerprint density at radius 3 is 2.06 bits per heavy atom. The number of Topliss-reactive ketones (excluding diaryl/α,β-unsaturated/α-hetero) is 1. The van der Waals surface area contributed by atoms with Crippen LogP contribution in [0.1, 0.15) is 33.6 Å². The second-order valence-corrected chi connectivity index (χ2v) is 4.33. The van der Waals surface area contributed by atoms with Crippen molar-refractivity contribution in [2.24, 2.45) is 5.92 Å². The number of ketones is 1. The van der Waals surface area contributed by atoms with Crippen LogP contribution in [0.5, 0.6) is 0 Å². The fraction of sp³-hybridized carbons (Fsp3) is 0.833. The second kappa shape index (κ2) is 5.87. The maximum Gasteiger partial charge on any atom is 0.319 e. The van der Waals surface area contributed by atoms with E-state index in [2.05, 4.69) is 0 Å². The van der Waals surface area contributed by atoms with Gasteiger partial charge < -0.3 is 9.80 Å². The fourth-order valence-corrected chi connectivity index (χ4v) is 2.17. The Morgan fingerprint density at radius 1 is 1.19 bits per heavy atom. The number of carbonyl (C=O) groups is 2. The van der Waals surface area contributed by atoms with E-state index in [1.165, 1.54) is 0 Å². The number of hydrogen-bond acceptors (Lipinski definition) is 2. The van der Waals surface area contributed by atoms with E-state index in [1.54, 1.807) is 6.92 Å². The van der Waals surface area contributed by atoms with Gasteiger partial charge in [-0.3, -0.25) is 4.79 Å². The van der Waals surface area contributed by atoms with E-state index >= 15 is 0 Å². The van der Waals surface area contributed by atoms with Gasteiger partial charge >= 0.3 is 6.03 Å². The predicted octanol–water partition coefficient (Wildman–Crippen LogP) is 1.75. The molecular weight excluding hydrogens is 204 g/mol. The molecule has 4 nitrogen and oxygen atoms in total. The van der Waals surface area contributed by atoms with Crippen LogP contribution in [0.4, 0.5) is 4.79 Å². The highest BCUT2D eigenvalue weighted by Gasteiger charge is 2.26. The first-order valence-electron chi connectivity index (χ1n) is 6.14. The molecule has 1 saturated heterocycles. The summed E-state index contributed by atoms with van der Waals surface area (Å²) < 4.78 is 0. The van der Waals surface area contributed by atoms with Crippen molar-refractivity contribution < 1.29 is 9.59 Å². The predicted molar refractivity (Wildman–Crippen MR) is 63.3 cm³/mol. The van der Waals surface area contributed by atoms with Crippen molar-refractivity contribution in [3.8, 4) is 0 Å². The van der Waals surface area contributed by atoms with Crippen molar-refractivity contribution in [2.45, 2.75) is 33.6 Å². The van der Waals surface area contributed by atoms with Gasteiger partial charge in [-0.05, 0) is 33.6 Å². The highest BCUT2D eigenvalue weighted by Crippen LogP contribution is 2.18. The molecule has 92 valence electrons. The molecule has 0 N–H and O–H groups in total. The van der Waals surface area contributed by atoms with Crippen LogP contribution in [0.15, 0.2) is 0 Å². The summed E-state index contributed by atoms with van der Waals surface area (Å²) in [5.74, 6) is 0.427. The van der Waals surface area contributed by atoms with E-state index in [9.17, 15) is 9.59 Å². The molecule has 4 heteroatoms. The molecule has 1 aliphatic heterocycles. The smallest absolute Gasteiger partial charge is 0.319 e. The Kier molecular flexibility index (Phi) is 4.77. The average Bonchev–Trinajstić information content (AvgIpc) is 2.30. The minimum absolute atomic E-state index is 0.118. The van der Waals surface area contributed by atoms with Gasteiger partial charge in [-0.15, -0.1) is 0 Å². The largest absolute Gasteiger partial charge is 0.325 e. The molecular formula is C12H22N2O2. The zero-order valence-corrected chi connectivity index (χ0v) is 10.5. The first kappa shape index (κ1) is 13.0. The van der Waals surface area contributed by atoms with Gasteiger partial charge in [-0.25, -0.2) is 4.79 Å². The van der Waals surface area contributed by atoms with Crippen LogP contribution in [-0.2, 0) is 4.79 Å². The van der Waals surface area contributed by atoms with Crippen LogP contribution < -0.4 is 0 Å². The van der Waals surface area contributed by atoms with Crippen LogP contribution in [0.3, 0.4) is 0 Å². The van der Waals surface area contributed by atoms with Crippen molar-refractivity contribution in [1.82, 2.24) is 9.80 Å². The average molecular weight is 226 g/mol. The zero-order valence-electron chi connectivity index (χ0n) is 10.5. The molecule has 0 aromatic rings. The molecule has 0 aromatic heterocycles. The molecule has 0 bridgehead atoms. The number of amides is 2. The lowest BCUT2D eigenvalue weighted by Crippen LogP contribution is -2.47. The second-order valence-electron chi connectivity index (χ2n) is 4.33. The minimum atomic E-state index is 0.118. The quantitative estimate of drug-likeness (QED) is 0.735. The van der Waals surface area contributed by atoms with Gasteiger partial charge in [-0.1, -0.05) is 0 Å². The van der Waals surface area contributed by atoms with Gasteiger partial charge in [0.05, 0.1) is 0 Å². The molecule has 1 rings (SSSR count). The third kappa shape index (κ3) is 2.97. The normalized spacial score (nSPS) is 17.3. The number of likely N-dealkylation sites (tertiary alicyclic amines) is 1. The molecule has 0 unspecified atom stereocenters. The molecule has 16 heavy (non-hydrogen) atoms. The van der Waals surface area contributed by atoms with Crippen molar-refractivity contribution in [2.75, 3.05) is 26.2 Å². The maximum absolute atomic E-state index is 12.0. The van der Waals surface area contributed by atoms with E-state index in [0.717, 1.165) is 39.0 Å². The highest BCUT2D eigenvalue weighted by molar-refractivity contribution is 5.79. The molecule has 0 atom stereocenters. The molecule has 0 spiro atoms. The monoisotopic (exact) mass is 226 g/mol. The molecule has 0 radical (unpaired) electrons. The number of carbonyl (C=O) groups excluding carboxylic acids is 2. The SMILES string of the molecule is CCN(CC)C(=O)N1CCC(C(C)=O)CC1. The van der Waals surface area contributed by atoms with Crippen LogP contribution in [0, 0.1) is 5.92 Å². The number of urea groups is 1. The van der Waals surface area contributed by atoms with Crippen LogP contribution >= 0.6 is 0 Å². The Hall–Kier alpha value is -1.06. The number of nitrogens with zero attached hydrogens (tertiary/aromatic N) is 2. The van der Waals surface area contributed by atoms with Crippen LogP contribution in [-0.4, -0.2) is 47.8 Å². The lowest BCUT2D eigenvalue weighted by Gasteiger charge is -2.34. The number of piperidine rings is 1. The zero-order chi connectivity index (χ0) is 12.1. The standard InChI is InChI=1S/C12H22N2O2/c1-4-13(5-2)12(16)14-8-6-11(7-9-14)10(3)15/h11H,4-9H2,1-3H3. The van der Waals surface area contributed by atoms with Gasteiger partial charge in [0, 0.05) is 32.1 Å². The van der Waals surface area contributed by atoms with Crippen LogP contribution in [0.25, 0.3) is 0 Å². The van der Waals surface area contributed by atoms with Crippen molar-refractivity contribution >= 4 is 11.8 Å². The van der Waals surface area contributed by atoms with Gasteiger partial charge in [0.2, 0.25) is 0 Å². The van der Waals surface area contributed by atoms with E-state index in [4.69, 9.17) is 0 Å². The van der Waals surface area contributed by atoms with E-state index < -0.39 is 0 Å². The van der Waals surface area contributed by atoms with Gasteiger partial charge in [0.25, 0.3) is 0 Å². The first-order chi connectivity index (χ1) is 7.60. The summed E-state index contributed by atoms with van der Waals surface area (Å²) >= 11 is 0. The lowest BCUT2D eigenvalue weighted by atomic mass is 9.93. The van der Waals surface area contributed by atoms with Gasteiger partial charge in [0.15, 0.2) is 0 Å². The third-order valence-electron chi connectivity index (χ3n) is 3.37. The molecule has 2 amide bonds. The van der Waals surface area contributed by atoms with Crippen molar-refractivity contribution in [3.63, 3.8) is 0 Å². The molecule has 0 aromatic carbocycles. The molecule has 1 fully saturated rings. The van der Waals surface area contributed by atoms with Gasteiger partial charge in [0.1, 0.15) is 5.78 Å². The molecule has 0 saturated carbocycles. The van der Waals surface area contributed by atoms with Gasteiger partial charge in [-0.2, -0.15) is 0 Å². The Bertz CT molecular complexity index is 254. The highest BCUT2D eigenvalue weighted by atomic mass is 16.2. The summed E-state index contributed by atoms with van der Waals surface area (Å²) in [6, 6.07) is 0.118. The summed E-state index contributed by atoms with van der Waals surface area (Å²) in [7, 11) is 0. The Morgan fingerprint density at radius 2 is 1.69 bits per heavy atom. The lowest BCUT2D eigenvalue weighted by molar-refractivity contribution is -0.121. The van der Waals surface area contributed by atoms with E-state index in [-0.39, 0.29) is 17.7 Å². The Balaban J connectivity index is 2.47. The Labute approximate surface area is 97.6 Å². The van der Waals surface area contributed by atoms with Crippen molar-refractivity contribution in [3.05, 3.63) is 0 Å². The molecule has 1 heterocycles. The molecule has 0 aliphatic carbocycles. The number of hydrogen-bond donors (Lipinski definition) is 0. The van der Waals surface area contributed by atoms with E-state index in [0.29, 0.717) is 0 Å². The fourth-order valence-electron chi connectivity index (χ4n) is 2.17. The number of rotatable bonds is 3. The first-order valence-corrected chi connectivity index (χ1v) is 6.14. The summed E-state index contributed by atoms with van der Waals surface area (Å²) in [5.41, 5.74) is 0. The maximum atomic E-state index is 12.0. The third-order valence-corrected chi connectivity index (χ3v) is 3.37. The van der Waals surface area contributed by atoms with Crippen molar-refractivity contribution in [1.29, 1.82) is 0 Å². The summed E-state index contributed by atoms with van der Waals surface area (Å²) in [5, 5.41) is 0. The summed E-state index contributed by atoms with van der Waals surface area (Å²) in [6.07, 6.45) is 1.64. The summed E-state index contributed by atoms with van der Waals surface area (Å²) in [4.78, 5) is 26.9. The molecule has 1 aliphatic rings. The summed E-state index contributed by atoms with van der Waals surface area (Å²) in [6.45, 7) is 8.57. The van der Waals surface area contributed by atoms with E-state index in [1.807, 2.05) is 23.6 Å². The van der Waals surface area contributed by atoms with Crippen LogP contribution in [0.2, 0.25) is 0 Å². The topological polar surface area (TPSA) is 40.6 Å².